The van der Waals surface area contributed by atoms with Gasteiger partial charge in [-0.3, -0.25) is 0 Å². The number of aromatic nitrogens is 1. The molecule has 0 saturated carbocycles. The van der Waals surface area contributed by atoms with Gasteiger partial charge in [0.05, 0.1) is 4.88 Å². The van der Waals surface area contributed by atoms with Crippen LogP contribution in [0.4, 0.5) is 0 Å². The van der Waals surface area contributed by atoms with Gasteiger partial charge in [0.15, 0.2) is 12.2 Å². The van der Waals surface area contributed by atoms with E-state index in [0.717, 1.165) is 24.5 Å². The third-order valence-corrected chi connectivity index (χ3v) is 4.89. The molecular weight excluding hydrogens is 256 g/mol. The molecule has 1 aliphatic rings. The van der Waals surface area contributed by atoms with E-state index in [1.807, 2.05) is 11.3 Å². The fourth-order valence-corrected chi connectivity index (χ4v) is 3.88. The van der Waals surface area contributed by atoms with Crippen molar-refractivity contribution in [2.75, 3.05) is 6.54 Å². The fourth-order valence-electron chi connectivity index (χ4n) is 2.62. The average Bonchev–Trinajstić information content (AvgIpc) is 2.98. The Labute approximate surface area is 118 Å². The molecule has 0 atom stereocenters. The predicted octanol–water partition coefficient (Wildman–Crippen LogP) is 3.78. The van der Waals surface area contributed by atoms with Gasteiger partial charge in [-0.2, -0.15) is 0 Å². The molecular formula is C15H20N2OS. The maximum Gasteiger partial charge on any atom is 0.181 e. The maximum absolute atomic E-state index is 5.62. The number of rotatable bonds is 4. The zero-order valence-corrected chi connectivity index (χ0v) is 12.2. The first-order chi connectivity index (χ1) is 9.38. The van der Waals surface area contributed by atoms with E-state index in [1.54, 1.807) is 11.3 Å². The highest BCUT2D eigenvalue weighted by Crippen LogP contribution is 2.36. The van der Waals surface area contributed by atoms with Gasteiger partial charge in [0.1, 0.15) is 5.69 Å². The number of hydrogen-bond donors (Lipinski definition) is 1. The highest BCUT2D eigenvalue weighted by atomic mass is 32.1. The Bertz CT molecular complexity index is 521. The minimum atomic E-state index is 0.783. The van der Waals surface area contributed by atoms with Crippen molar-refractivity contribution >= 4 is 11.3 Å². The van der Waals surface area contributed by atoms with Crippen molar-refractivity contribution in [1.29, 1.82) is 0 Å². The second-order valence-electron chi connectivity index (χ2n) is 5.03. The molecule has 0 saturated heterocycles. The van der Waals surface area contributed by atoms with Crippen LogP contribution in [0.3, 0.4) is 0 Å². The van der Waals surface area contributed by atoms with Gasteiger partial charge in [0.25, 0.3) is 0 Å². The summed E-state index contributed by atoms with van der Waals surface area (Å²) >= 11 is 1.89. The van der Waals surface area contributed by atoms with Crippen molar-refractivity contribution in [1.82, 2.24) is 10.3 Å². The lowest BCUT2D eigenvalue weighted by molar-refractivity contribution is 0.571. The molecule has 0 fully saturated rings. The number of thiophene rings is 1. The smallest absolute Gasteiger partial charge is 0.181 e. The molecule has 0 aromatic carbocycles. The maximum atomic E-state index is 5.62. The van der Waals surface area contributed by atoms with Crippen LogP contribution in [-0.4, -0.2) is 11.5 Å². The molecule has 102 valence electrons. The van der Waals surface area contributed by atoms with Crippen molar-refractivity contribution in [3.8, 4) is 10.6 Å². The summed E-state index contributed by atoms with van der Waals surface area (Å²) in [5, 5.41) is 3.31. The summed E-state index contributed by atoms with van der Waals surface area (Å²) in [6, 6.07) is 2.32. The van der Waals surface area contributed by atoms with Crippen LogP contribution in [0.5, 0.6) is 0 Å². The lowest BCUT2D eigenvalue weighted by Gasteiger charge is -1.99. The fraction of sp³-hybridized carbons (Fsp3) is 0.533. The predicted molar refractivity (Wildman–Crippen MR) is 78.5 cm³/mol. The molecule has 0 spiro atoms. The number of aryl methyl sites for hydroxylation is 2. The van der Waals surface area contributed by atoms with Crippen molar-refractivity contribution in [2.45, 2.75) is 45.6 Å². The van der Waals surface area contributed by atoms with Crippen LogP contribution < -0.4 is 5.32 Å². The summed E-state index contributed by atoms with van der Waals surface area (Å²) in [6.07, 6.45) is 8.04. The summed E-state index contributed by atoms with van der Waals surface area (Å²) < 4.78 is 5.62. The second kappa shape index (κ2) is 5.88. The van der Waals surface area contributed by atoms with Gasteiger partial charge in [-0.05, 0) is 43.9 Å². The summed E-state index contributed by atoms with van der Waals surface area (Å²) in [5.41, 5.74) is 2.56. The summed E-state index contributed by atoms with van der Waals surface area (Å²) in [5.74, 6) is 0.957. The third-order valence-electron chi connectivity index (χ3n) is 3.65. The molecule has 0 amide bonds. The van der Waals surface area contributed by atoms with Gasteiger partial charge in [0.2, 0.25) is 0 Å². The number of nitrogens with zero attached hydrogens (tertiary/aromatic N) is 1. The minimum Gasteiger partial charge on any atom is -0.442 e. The van der Waals surface area contributed by atoms with Crippen LogP contribution in [0.1, 0.15) is 42.3 Å². The van der Waals surface area contributed by atoms with E-state index >= 15 is 0 Å². The largest absolute Gasteiger partial charge is 0.442 e. The molecule has 1 aliphatic carbocycles. The van der Waals surface area contributed by atoms with E-state index in [-0.39, 0.29) is 0 Å². The molecule has 19 heavy (non-hydrogen) atoms. The number of hydrogen-bond acceptors (Lipinski definition) is 4. The van der Waals surface area contributed by atoms with Crippen LogP contribution >= 0.6 is 11.3 Å². The highest BCUT2D eigenvalue weighted by Gasteiger charge is 2.17. The molecule has 2 heterocycles. The number of fused-ring (bicyclic) bond motifs is 1. The first-order valence-corrected chi connectivity index (χ1v) is 7.95. The van der Waals surface area contributed by atoms with Gasteiger partial charge in [-0.25, -0.2) is 4.98 Å². The van der Waals surface area contributed by atoms with Gasteiger partial charge in [0, 0.05) is 11.4 Å². The SMILES string of the molecule is CCNCc1ncoc1-c1cc2c(s1)CCCCC2. The molecule has 2 aromatic rings. The molecule has 0 aliphatic heterocycles. The molecule has 0 radical (unpaired) electrons. The number of oxazole rings is 1. The Morgan fingerprint density at radius 2 is 2.21 bits per heavy atom. The van der Waals surface area contributed by atoms with Crippen LogP contribution in [0, 0.1) is 0 Å². The van der Waals surface area contributed by atoms with E-state index in [1.165, 1.54) is 42.5 Å². The van der Waals surface area contributed by atoms with Gasteiger partial charge in [-0.1, -0.05) is 13.3 Å². The van der Waals surface area contributed by atoms with Gasteiger partial charge < -0.3 is 9.73 Å². The van der Waals surface area contributed by atoms with Crippen molar-refractivity contribution < 1.29 is 4.42 Å². The molecule has 3 rings (SSSR count). The van der Waals surface area contributed by atoms with E-state index in [9.17, 15) is 0 Å². The van der Waals surface area contributed by atoms with E-state index in [4.69, 9.17) is 4.42 Å². The molecule has 0 unspecified atom stereocenters. The Kier molecular flexibility index (Phi) is 3.99. The Morgan fingerprint density at radius 1 is 1.32 bits per heavy atom. The van der Waals surface area contributed by atoms with E-state index in [0.29, 0.717) is 0 Å². The quantitative estimate of drug-likeness (QED) is 0.864. The standard InChI is InChI=1S/C15H20N2OS/c1-2-16-9-12-15(18-10-17-12)14-8-11-6-4-3-5-7-13(11)19-14/h8,10,16H,2-7,9H2,1H3. The molecule has 4 heteroatoms. The Balaban J connectivity index is 1.88. The molecule has 0 bridgehead atoms. The molecule has 2 aromatic heterocycles. The second-order valence-corrected chi connectivity index (χ2v) is 6.16. The topological polar surface area (TPSA) is 38.1 Å². The van der Waals surface area contributed by atoms with Crippen LogP contribution in [0.2, 0.25) is 0 Å². The van der Waals surface area contributed by atoms with Crippen molar-refractivity contribution in [2.24, 2.45) is 0 Å². The van der Waals surface area contributed by atoms with E-state index < -0.39 is 0 Å². The first-order valence-electron chi connectivity index (χ1n) is 7.13. The highest BCUT2D eigenvalue weighted by molar-refractivity contribution is 7.15. The lowest BCUT2D eigenvalue weighted by Crippen LogP contribution is -2.12. The summed E-state index contributed by atoms with van der Waals surface area (Å²) in [6.45, 7) is 3.84. The van der Waals surface area contributed by atoms with Crippen LogP contribution in [0.25, 0.3) is 10.6 Å². The third kappa shape index (κ3) is 2.74. The number of nitrogens with one attached hydrogen (secondary N) is 1. The minimum absolute atomic E-state index is 0.783. The average molecular weight is 276 g/mol. The summed E-state index contributed by atoms with van der Waals surface area (Å²) in [7, 11) is 0. The van der Waals surface area contributed by atoms with Gasteiger partial charge >= 0.3 is 0 Å². The van der Waals surface area contributed by atoms with Crippen molar-refractivity contribution in [3.63, 3.8) is 0 Å². The first kappa shape index (κ1) is 12.9. The monoisotopic (exact) mass is 276 g/mol. The zero-order valence-electron chi connectivity index (χ0n) is 11.4. The Hall–Kier alpha value is -1.13. The lowest BCUT2D eigenvalue weighted by atomic mass is 10.1. The zero-order chi connectivity index (χ0) is 13.1. The molecule has 3 nitrogen and oxygen atoms in total. The van der Waals surface area contributed by atoms with Crippen molar-refractivity contribution in [3.05, 3.63) is 28.6 Å². The van der Waals surface area contributed by atoms with Crippen LogP contribution in [0.15, 0.2) is 16.9 Å². The van der Waals surface area contributed by atoms with Gasteiger partial charge in [-0.15, -0.1) is 11.3 Å². The Morgan fingerprint density at radius 3 is 3.11 bits per heavy atom. The van der Waals surface area contributed by atoms with Crippen LogP contribution in [-0.2, 0) is 19.4 Å². The normalized spacial score (nSPS) is 15.2. The molecule has 1 N–H and O–H groups in total. The summed E-state index contributed by atoms with van der Waals surface area (Å²) in [4.78, 5) is 7.13. The van der Waals surface area contributed by atoms with E-state index in [2.05, 4.69) is 23.3 Å².